The van der Waals surface area contributed by atoms with Crippen LogP contribution in [-0.4, -0.2) is 19.6 Å². The molecule has 0 aromatic heterocycles. The van der Waals surface area contributed by atoms with E-state index in [4.69, 9.17) is 21.1 Å². The van der Waals surface area contributed by atoms with E-state index in [0.29, 0.717) is 35.2 Å². The van der Waals surface area contributed by atoms with Gasteiger partial charge in [-0.05, 0) is 36.8 Å². The Bertz CT molecular complexity index is 658. The Labute approximate surface area is 135 Å². The van der Waals surface area contributed by atoms with Crippen LogP contribution < -0.4 is 14.8 Å². The van der Waals surface area contributed by atoms with Gasteiger partial charge in [0.25, 0.3) is 5.91 Å². The summed E-state index contributed by atoms with van der Waals surface area (Å²) in [6.07, 6.45) is 0. The molecule has 1 N–H and O–H groups in total. The van der Waals surface area contributed by atoms with Gasteiger partial charge in [0.1, 0.15) is 0 Å². The summed E-state index contributed by atoms with van der Waals surface area (Å²) in [5, 5.41) is 3.47. The zero-order valence-electron chi connectivity index (χ0n) is 12.6. The number of benzene rings is 2. The Morgan fingerprint density at radius 2 is 1.95 bits per heavy atom. The first kappa shape index (κ1) is 16.2. The second kappa shape index (κ2) is 7.71. The molecular formula is C17H18ClNO3. The lowest BCUT2D eigenvalue weighted by Gasteiger charge is -2.11. The summed E-state index contributed by atoms with van der Waals surface area (Å²) in [5.41, 5.74) is 1.38. The summed E-state index contributed by atoms with van der Waals surface area (Å²) in [6.45, 7) is 2.80. The third-order valence-corrected chi connectivity index (χ3v) is 3.49. The van der Waals surface area contributed by atoms with Crippen molar-refractivity contribution in [3.8, 4) is 11.5 Å². The predicted molar refractivity (Wildman–Crippen MR) is 86.8 cm³/mol. The maximum atomic E-state index is 12.2. The SMILES string of the molecule is CCOc1ccc(C(=O)NCc2ccccc2Cl)cc1OC. The van der Waals surface area contributed by atoms with Gasteiger partial charge < -0.3 is 14.8 Å². The minimum absolute atomic E-state index is 0.193. The van der Waals surface area contributed by atoms with Crippen LogP contribution >= 0.6 is 11.6 Å². The van der Waals surface area contributed by atoms with Crippen LogP contribution in [0.2, 0.25) is 5.02 Å². The molecule has 2 aromatic carbocycles. The van der Waals surface area contributed by atoms with E-state index in [9.17, 15) is 4.79 Å². The molecule has 0 fully saturated rings. The van der Waals surface area contributed by atoms with Crippen LogP contribution in [0.3, 0.4) is 0 Å². The molecule has 2 aromatic rings. The van der Waals surface area contributed by atoms with Gasteiger partial charge in [-0.1, -0.05) is 29.8 Å². The van der Waals surface area contributed by atoms with E-state index in [1.165, 1.54) is 0 Å². The number of nitrogens with one attached hydrogen (secondary N) is 1. The fourth-order valence-corrected chi connectivity index (χ4v) is 2.21. The Morgan fingerprint density at radius 3 is 2.64 bits per heavy atom. The number of carbonyl (C=O) groups is 1. The van der Waals surface area contributed by atoms with E-state index >= 15 is 0 Å². The highest BCUT2D eigenvalue weighted by molar-refractivity contribution is 6.31. The van der Waals surface area contributed by atoms with Gasteiger partial charge in [-0.15, -0.1) is 0 Å². The maximum absolute atomic E-state index is 12.2. The van der Waals surface area contributed by atoms with Gasteiger partial charge in [0.15, 0.2) is 11.5 Å². The Hall–Kier alpha value is -2.20. The molecule has 4 nitrogen and oxygen atoms in total. The predicted octanol–water partition coefficient (Wildman–Crippen LogP) is 3.68. The highest BCUT2D eigenvalue weighted by Crippen LogP contribution is 2.28. The maximum Gasteiger partial charge on any atom is 0.251 e. The molecule has 0 aliphatic carbocycles. The number of halogens is 1. The standard InChI is InChI=1S/C17H18ClNO3/c1-3-22-15-9-8-12(10-16(15)21-2)17(20)19-11-13-6-4-5-7-14(13)18/h4-10H,3,11H2,1-2H3,(H,19,20). The van der Waals surface area contributed by atoms with Crippen molar-refractivity contribution in [2.24, 2.45) is 0 Å². The Kier molecular flexibility index (Phi) is 5.67. The smallest absolute Gasteiger partial charge is 0.251 e. The first-order valence-electron chi connectivity index (χ1n) is 6.98. The van der Waals surface area contributed by atoms with E-state index in [2.05, 4.69) is 5.32 Å². The number of hydrogen-bond donors (Lipinski definition) is 1. The van der Waals surface area contributed by atoms with Crippen molar-refractivity contribution in [3.63, 3.8) is 0 Å². The molecule has 0 saturated heterocycles. The van der Waals surface area contributed by atoms with E-state index in [-0.39, 0.29) is 5.91 Å². The van der Waals surface area contributed by atoms with Crippen molar-refractivity contribution in [3.05, 3.63) is 58.6 Å². The van der Waals surface area contributed by atoms with Gasteiger partial charge >= 0.3 is 0 Å². The molecular weight excluding hydrogens is 302 g/mol. The third-order valence-electron chi connectivity index (χ3n) is 3.12. The molecule has 0 bridgehead atoms. The molecule has 116 valence electrons. The van der Waals surface area contributed by atoms with Crippen LogP contribution in [-0.2, 0) is 6.54 Å². The minimum atomic E-state index is -0.193. The van der Waals surface area contributed by atoms with Crippen molar-refractivity contribution >= 4 is 17.5 Å². The Morgan fingerprint density at radius 1 is 1.18 bits per heavy atom. The average molecular weight is 320 g/mol. The lowest BCUT2D eigenvalue weighted by Crippen LogP contribution is -2.23. The highest BCUT2D eigenvalue weighted by atomic mass is 35.5. The molecule has 5 heteroatoms. The molecule has 2 rings (SSSR count). The third kappa shape index (κ3) is 3.92. The normalized spacial score (nSPS) is 10.1. The van der Waals surface area contributed by atoms with E-state index < -0.39 is 0 Å². The molecule has 0 aliphatic heterocycles. The van der Waals surface area contributed by atoms with Crippen LogP contribution in [0, 0.1) is 0 Å². The number of methoxy groups -OCH3 is 1. The van der Waals surface area contributed by atoms with Crippen molar-refractivity contribution in [2.75, 3.05) is 13.7 Å². The van der Waals surface area contributed by atoms with Crippen LogP contribution in [0.4, 0.5) is 0 Å². The van der Waals surface area contributed by atoms with Crippen LogP contribution in [0.25, 0.3) is 0 Å². The van der Waals surface area contributed by atoms with Crippen molar-refractivity contribution in [1.29, 1.82) is 0 Å². The molecule has 0 aliphatic rings. The van der Waals surface area contributed by atoms with E-state index in [1.54, 1.807) is 31.4 Å². The highest BCUT2D eigenvalue weighted by Gasteiger charge is 2.11. The zero-order valence-corrected chi connectivity index (χ0v) is 13.3. The number of hydrogen-bond acceptors (Lipinski definition) is 3. The fourth-order valence-electron chi connectivity index (χ4n) is 2.00. The summed E-state index contributed by atoms with van der Waals surface area (Å²) in [6, 6.07) is 12.5. The fraction of sp³-hybridized carbons (Fsp3) is 0.235. The summed E-state index contributed by atoms with van der Waals surface area (Å²) in [7, 11) is 1.54. The molecule has 0 radical (unpaired) electrons. The van der Waals surface area contributed by atoms with Gasteiger partial charge in [0.05, 0.1) is 13.7 Å². The van der Waals surface area contributed by atoms with E-state index in [0.717, 1.165) is 5.56 Å². The van der Waals surface area contributed by atoms with Crippen LogP contribution in [0.1, 0.15) is 22.8 Å². The van der Waals surface area contributed by atoms with Crippen molar-refractivity contribution in [2.45, 2.75) is 13.5 Å². The van der Waals surface area contributed by atoms with Gasteiger partial charge in [0, 0.05) is 17.1 Å². The second-order valence-corrected chi connectivity index (χ2v) is 4.98. The van der Waals surface area contributed by atoms with Crippen LogP contribution in [0.5, 0.6) is 11.5 Å². The lowest BCUT2D eigenvalue weighted by molar-refractivity contribution is 0.0950. The number of amides is 1. The second-order valence-electron chi connectivity index (χ2n) is 4.57. The van der Waals surface area contributed by atoms with E-state index in [1.807, 2.05) is 25.1 Å². The summed E-state index contributed by atoms with van der Waals surface area (Å²) in [4.78, 5) is 12.2. The molecule has 22 heavy (non-hydrogen) atoms. The molecule has 0 saturated carbocycles. The summed E-state index contributed by atoms with van der Waals surface area (Å²) < 4.78 is 10.7. The topological polar surface area (TPSA) is 47.6 Å². The van der Waals surface area contributed by atoms with Gasteiger partial charge in [0.2, 0.25) is 0 Å². The lowest BCUT2D eigenvalue weighted by atomic mass is 10.1. The van der Waals surface area contributed by atoms with Crippen molar-refractivity contribution in [1.82, 2.24) is 5.32 Å². The average Bonchev–Trinajstić information content (AvgIpc) is 2.54. The largest absolute Gasteiger partial charge is 0.493 e. The zero-order chi connectivity index (χ0) is 15.9. The number of rotatable bonds is 6. The number of ether oxygens (including phenoxy) is 2. The monoisotopic (exact) mass is 319 g/mol. The quantitative estimate of drug-likeness (QED) is 0.883. The molecule has 0 unspecified atom stereocenters. The molecule has 0 heterocycles. The van der Waals surface area contributed by atoms with Gasteiger partial charge in [-0.25, -0.2) is 0 Å². The first-order valence-corrected chi connectivity index (χ1v) is 7.36. The summed E-state index contributed by atoms with van der Waals surface area (Å²) >= 11 is 6.07. The molecule has 1 amide bonds. The summed E-state index contributed by atoms with van der Waals surface area (Å²) in [5.74, 6) is 0.959. The molecule has 0 spiro atoms. The van der Waals surface area contributed by atoms with Crippen molar-refractivity contribution < 1.29 is 14.3 Å². The minimum Gasteiger partial charge on any atom is -0.493 e. The number of carbonyl (C=O) groups excluding carboxylic acids is 1. The molecule has 0 atom stereocenters. The van der Waals surface area contributed by atoms with Crippen LogP contribution in [0.15, 0.2) is 42.5 Å². The Balaban J connectivity index is 2.08. The van der Waals surface area contributed by atoms with Gasteiger partial charge in [-0.2, -0.15) is 0 Å². The van der Waals surface area contributed by atoms with Gasteiger partial charge in [-0.3, -0.25) is 4.79 Å². The first-order chi connectivity index (χ1) is 10.7.